The third kappa shape index (κ3) is 4.33. The first-order valence-corrected chi connectivity index (χ1v) is 10.4. The molecule has 3 aromatic rings. The van der Waals surface area contributed by atoms with Crippen LogP contribution in [0.3, 0.4) is 0 Å². The highest BCUT2D eigenvalue weighted by atomic mass is 32.1. The van der Waals surface area contributed by atoms with E-state index in [0.717, 1.165) is 11.1 Å². The van der Waals surface area contributed by atoms with Gasteiger partial charge in [-0.05, 0) is 30.2 Å². The molecule has 8 heteroatoms. The Morgan fingerprint density at radius 2 is 1.83 bits per heavy atom. The summed E-state index contributed by atoms with van der Waals surface area (Å²) >= 11 is 1.22. The van der Waals surface area contributed by atoms with Gasteiger partial charge in [0.1, 0.15) is 10.7 Å². The SMILES string of the molecule is Cc1nc(N2CCN(Cc3ccc(F)cc3)C2=O)sc1C(=O)NCc1ccccc1. The van der Waals surface area contributed by atoms with Crippen LogP contribution in [0.15, 0.2) is 54.6 Å². The Kier molecular flexibility index (Phi) is 5.76. The van der Waals surface area contributed by atoms with Crippen molar-refractivity contribution in [2.75, 3.05) is 18.0 Å². The smallest absolute Gasteiger partial charge is 0.326 e. The molecular weight excluding hydrogens is 403 g/mol. The molecule has 6 nitrogen and oxygen atoms in total. The van der Waals surface area contributed by atoms with E-state index in [1.165, 1.54) is 23.5 Å². The van der Waals surface area contributed by atoms with Crippen LogP contribution < -0.4 is 10.2 Å². The van der Waals surface area contributed by atoms with Crippen LogP contribution in [0, 0.1) is 12.7 Å². The highest BCUT2D eigenvalue weighted by Gasteiger charge is 2.32. The summed E-state index contributed by atoms with van der Waals surface area (Å²) in [6.45, 7) is 3.65. The molecule has 1 aliphatic rings. The van der Waals surface area contributed by atoms with Crippen LogP contribution in [0.5, 0.6) is 0 Å². The highest BCUT2D eigenvalue weighted by Crippen LogP contribution is 2.29. The number of carbonyl (C=O) groups is 2. The van der Waals surface area contributed by atoms with Crippen LogP contribution in [-0.4, -0.2) is 34.9 Å². The molecule has 0 unspecified atom stereocenters. The molecule has 1 aliphatic heterocycles. The molecule has 30 heavy (non-hydrogen) atoms. The van der Waals surface area contributed by atoms with Crippen LogP contribution in [0.2, 0.25) is 0 Å². The fourth-order valence-corrected chi connectivity index (χ4v) is 4.29. The monoisotopic (exact) mass is 424 g/mol. The number of aromatic nitrogens is 1. The highest BCUT2D eigenvalue weighted by molar-refractivity contribution is 7.17. The van der Waals surface area contributed by atoms with E-state index in [-0.39, 0.29) is 17.8 Å². The maximum atomic E-state index is 13.1. The Morgan fingerprint density at radius 3 is 2.57 bits per heavy atom. The van der Waals surface area contributed by atoms with Crippen molar-refractivity contribution in [3.63, 3.8) is 0 Å². The Hall–Kier alpha value is -3.26. The summed E-state index contributed by atoms with van der Waals surface area (Å²) in [7, 11) is 0. The normalized spacial score (nSPS) is 13.7. The second-order valence-corrected chi connectivity index (χ2v) is 8.04. The number of rotatable bonds is 6. The number of amides is 3. The molecule has 3 amide bonds. The van der Waals surface area contributed by atoms with Crippen molar-refractivity contribution in [1.82, 2.24) is 15.2 Å². The fourth-order valence-electron chi connectivity index (χ4n) is 3.28. The molecule has 4 rings (SSSR count). The molecule has 2 heterocycles. The van der Waals surface area contributed by atoms with Gasteiger partial charge in [-0.1, -0.05) is 53.8 Å². The topological polar surface area (TPSA) is 65.5 Å². The van der Waals surface area contributed by atoms with Gasteiger partial charge < -0.3 is 10.2 Å². The van der Waals surface area contributed by atoms with Crippen molar-refractivity contribution in [3.05, 3.63) is 82.1 Å². The third-order valence-electron chi connectivity index (χ3n) is 4.90. The lowest BCUT2D eigenvalue weighted by molar-refractivity contribution is 0.0954. The number of nitrogens with one attached hydrogen (secondary N) is 1. The lowest BCUT2D eigenvalue weighted by Crippen LogP contribution is -2.31. The van der Waals surface area contributed by atoms with Crippen molar-refractivity contribution < 1.29 is 14.0 Å². The average Bonchev–Trinajstić information content (AvgIpc) is 3.31. The molecule has 1 fully saturated rings. The Bertz CT molecular complexity index is 1050. The van der Waals surface area contributed by atoms with E-state index in [1.807, 2.05) is 30.3 Å². The van der Waals surface area contributed by atoms with E-state index >= 15 is 0 Å². The zero-order valence-electron chi connectivity index (χ0n) is 16.5. The van der Waals surface area contributed by atoms with E-state index < -0.39 is 0 Å². The van der Waals surface area contributed by atoms with Crippen molar-refractivity contribution >= 4 is 28.4 Å². The van der Waals surface area contributed by atoms with Gasteiger partial charge in [-0.2, -0.15) is 0 Å². The van der Waals surface area contributed by atoms with Gasteiger partial charge in [0.2, 0.25) is 0 Å². The lowest BCUT2D eigenvalue weighted by Gasteiger charge is -2.16. The minimum absolute atomic E-state index is 0.163. The van der Waals surface area contributed by atoms with Crippen LogP contribution in [0.25, 0.3) is 0 Å². The zero-order valence-corrected chi connectivity index (χ0v) is 17.3. The Labute approximate surface area is 178 Å². The summed E-state index contributed by atoms with van der Waals surface area (Å²) in [5.41, 5.74) is 2.48. The minimum atomic E-state index is -0.301. The lowest BCUT2D eigenvalue weighted by atomic mass is 10.2. The predicted molar refractivity (Wildman–Crippen MR) is 114 cm³/mol. The predicted octanol–water partition coefficient (Wildman–Crippen LogP) is 3.96. The fraction of sp³-hybridized carbons (Fsp3) is 0.227. The second-order valence-electron chi connectivity index (χ2n) is 7.06. The van der Waals surface area contributed by atoms with E-state index in [4.69, 9.17) is 0 Å². The maximum absolute atomic E-state index is 13.1. The van der Waals surface area contributed by atoms with Crippen LogP contribution in [0.4, 0.5) is 14.3 Å². The first-order chi connectivity index (χ1) is 14.5. The number of hydrogen-bond acceptors (Lipinski definition) is 4. The second kappa shape index (κ2) is 8.62. The van der Waals surface area contributed by atoms with Gasteiger partial charge in [-0.15, -0.1) is 0 Å². The molecule has 1 aromatic heterocycles. The van der Waals surface area contributed by atoms with Gasteiger partial charge >= 0.3 is 6.03 Å². The van der Waals surface area contributed by atoms with Gasteiger partial charge in [0.15, 0.2) is 5.13 Å². The van der Waals surface area contributed by atoms with Crippen molar-refractivity contribution in [3.8, 4) is 0 Å². The first kappa shape index (κ1) is 20.0. The molecule has 0 aliphatic carbocycles. The van der Waals surface area contributed by atoms with Crippen LogP contribution >= 0.6 is 11.3 Å². The Balaban J connectivity index is 1.41. The Morgan fingerprint density at radius 1 is 1.10 bits per heavy atom. The number of carbonyl (C=O) groups excluding carboxylic acids is 2. The number of halogens is 1. The van der Waals surface area contributed by atoms with Gasteiger partial charge in [-0.3, -0.25) is 9.69 Å². The molecule has 1 saturated heterocycles. The average molecular weight is 425 g/mol. The van der Waals surface area contributed by atoms with Gasteiger partial charge in [0.25, 0.3) is 5.91 Å². The van der Waals surface area contributed by atoms with E-state index in [2.05, 4.69) is 10.3 Å². The zero-order chi connectivity index (χ0) is 21.1. The molecule has 0 spiro atoms. The van der Waals surface area contributed by atoms with Crippen LogP contribution in [0.1, 0.15) is 26.5 Å². The van der Waals surface area contributed by atoms with E-state index in [9.17, 15) is 14.0 Å². The molecule has 0 saturated carbocycles. The number of hydrogen-bond donors (Lipinski definition) is 1. The maximum Gasteiger partial charge on any atom is 0.326 e. The molecule has 154 valence electrons. The number of urea groups is 1. The summed E-state index contributed by atoms with van der Waals surface area (Å²) in [4.78, 5) is 33.7. The van der Waals surface area contributed by atoms with Gasteiger partial charge in [-0.25, -0.2) is 14.2 Å². The van der Waals surface area contributed by atoms with Gasteiger partial charge in [0.05, 0.1) is 5.69 Å². The standard InChI is InChI=1S/C22H21FN4O2S/c1-15-19(20(28)24-13-16-5-3-2-4-6-16)30-21(25-15)27-12-11-26(22(27)29)14-17-7-9-18(23)10-8-17/h2-10H,11-14H2,1H3,(H,24,28). The van der Waals surface area contributed by atoms with Crippen LogP contribution in [-0.2, 0) is 13.1 Å². The summed E-state index contributed by atoms with van der Waals surface area (Å²) in [5, 5.41) is 3.42. The number of thiazole rings is 1. The van der Waals surface area contributed by atoms with Gasteiger partial charge in [0, 0.05) is 26.2 Å². The van der Waals surface area contributed by atoms with Crippen molar-refractivity contribution in [1.29, 1.82) is 0 Å². The molecule has 0 radical (unpaired) electrons. The summed E-state index contributed by atoms with van der Waals surface area (Å²) in [6, 6.07) is 15.6. The number of benzene rings is 2. The quantitative estimate of drug-likeness (QED) is 0.651. The van der Waals surface area contributed by atoms with Crippen molar-refractivity contribution in [2.24, 2.45) is 0 Å². The molecular formula is C22H21FN4O2S. The largest absolute Gasteiger partial charge is 0.347 e. The molecule has 2 aromatic carbocycles. The molecule has 0 atom stereocenters. The number of aryl methyl sites for hydroxylation is 1. The third-order valence-corrected chi connectivity index (χ3v) is 6.08. The summed E-state index contributed by atoms with van der Waals surface area (Å²) in [5.74, 6) is -0.501. The number of anilines is 1. The van der Waals surface area contributed by atoms with E-state index in [0.29, 0.717) is 41.9 Å². The van der Waals surface area contributed by atoms with Crippen molar-refractivity contribution in [2.45, 2.75) is 20.0 Å². The summed E-state index contributed by atoms with van der Waals surface area (Å²) < 4.78 is 13.1. The molecule has 0 bridgehead atoms. The minimum Gasteiger partial charge on any atom is -0.347 e. The van der Waals surface area contributed by atoms with E-state index in [1.54, 1.807) is 28.9 Å². The summed E-state index contributed by atoms with van der Waals surface area (Å²) in [6.07, 6.45) is 0. The number of nitrogens with zero attached hydrogens (tertiary/aromatic N) is 3. The first-order valence-electron chi connectivity index (χ1n) is 9.61. The molecule has 1 N–H and O–H groups in total.